The molecule has 2 aromatic rings. The molecule has 0 heterocycles. The van der Waals surface area contributed by atoms with E-state index in [1.807, 2.05) is 37.3 Å². The fourth-order valence-electron chi connectivity index (χ4n) is 1.85. The van der Waals surface area contributed by atoms with E-state index >= 15 is 0 Å². The van der Waals surface area contributed by atoms with Gasteiger partial charge in [-0.1, -0.05) is 57.9 Å². The van der Waals surface area contributed by atoms with E-state index < -0.39 is 0 Å². The highest BCUT2D eigenvalue weighted by Crippen LogP contribution is 2.32. The normalized spacial score (nSPS) is 12.4. The van der Waals surface area contributed by atoms with Gasteiger partial charge in [0.25, 0.3) is 0 Å². The van der Waals surface area contributed by atoms with Crippen molar-refractivity contribution >= 4 is 39.1 Å². The minimum atomic E-state index is -0.0985. The Morgan fingerprint density at radius 2 is 1.78 bits per heavy atom. The summed E-state index contributed by atoms with van der Waals surface area (Å²) in [5, 5.41) is 0.674. The van der Waals surface area contributed by atoms with Gasteiger partial charge < -0.3 is 0 Å². The minimum Gasteiger partial charge on any atom is -0.117 e. The van der Waals surface area contributed by atoms with Crippen LogP contribution in [-0.2, 0) is 6.42 Å². The van der Waals surface area contributed by atoms with Gasteiger partial charge in [0.2, 0.25) is 0 Å². The number of benzene rings is 2. The van der Waals surface area contributed by atoms with Crippen LogP contribution < -0.4 is 0 Å². The zero-order valence-corrected chi connectivity index (χ0v) is 13.1. The minimum absolute atomic E-state index is 0.0985. The molecule has 0 aromatic heterocycles. The van der Waals surface area contributed by atoms with E-state index in [1.54, 1.807) is 0 Å². The summed E-state index contributed by atoms with van der Waals surface area (Å²) >= 11 is 16.2. The fraction of sp³-hybridized carbons (Fsp3) is 0.200. The monoisotopic (exact) mass is 342 g/mol. The summed E-state index contributed by atoms with van der Waals surface area (Å²) in [7, 11) is 0. The fourth-order valence-corrected chi connectivity index (χ4v) is 2.79. The second kappa shape index (κ2) is 6.10. The Hall–Kier alpha value is -0.500. The highest BCUT2D eigenvalue weighted by atomic mass is 79.9. The summed E-state index contributed by atoms with van der Waals surface area (Å²) in [5.74, 6) is 0. The Morgan fingerprint density at radius 3 is 2.44 bits per heavy atom. The quantitative estimate of drug-likeness (QED) is 0.605. The standard InChI is InChI=1S/C15H13BrCl2/c1-10-3-2-4-13(15(10)18)14(17)9-11-5-7-12(16)8-6-11/h2-8,14H,9H2,1H3. The highest BCUT2D eigenvalue weighted by Gasteiger charge is 2.13. The Labute approximate surface area is 126 Å². The van der Waals surface area contributed by atoms with Crippen LogP contribution in [0.25, 0.3) is 0 Å². The van der Waals surface area contributed by atoms with Gasteiger partial charge >= 0.3 is 0 Å². The van der Waals surface area contributed by atoms with Gasteiger partial charge in [-0.15, -0.1) is 11.6 Å². The first-order valence-electron chi connectivity index (χ1n) is 5.71. The van der Waals surface area contributed by atoms with Crippen molar-refractivity contribution in [2.45, 2.75) is 18.7 Å². The van der Waals surface area contributed by atoms with Crippen LogP contribution in [0.4, 0.5) is 0 Å². The Kier molecular flexibility index (Phi) is 4.71. The molecular weight excluding hydrogens is 331 g/mol. The van der Waals surface area contributed by atoms with Gasteiger partial charge in [-0.3, -0.25) is 0 Å². The van der Waals surface area contributed by atoms with E-state index in [2.05, 4.69) is 28.1 Å². The summed E-state index contributed by atoms with van der Waals surface area (Å²) in [6, 6.07) is 14.2. The van der Waals surface area contributed by atoms with E-state index in [0.29, 0.717) is 0 Å². The molecule has 0 aliphatic carbocycles. The molecule has 1 unspecified atom stereocenters. The van der Waals surface area contributed by atoms with Crippen LogP contribution in [0.15, 0.2) is 46.9 Å². The third-order valence-electron chi connectivity index (χ3n) is 2.89. The molecule has 0 aliphatic rings. The third-order valence-corrected chi connectivity index (χ3v) is 4.32. The molecular formula is C15H13BrCl2. The van der Waals surface area contributed by atoms with E-state index in [1.165, 1.54) is 5.56 Å². The second-order valence-corrected chi connectivity index (χ2v) is 6.10. The lowest BCUT2D eigenvalue weighted by atomic mass is 10.0. The van der Waals surface area contributed by atoms with Crippen LogP contribution in [-0.4, -0.2) is 0 Å². The largest absolute Gasteiger partial charge is 0.117 e. The molecule has 0 nitrogen and oxygen atoms in total. The van der Waals surface area contributed by atoms with E-state index in [0.717, 1.165) is 27.0 Å². The topological polar surface area (TPSA) is 0 Å². The Bertz CT molecular complexity index is 535. The van der Waals surface area contributed by atoms with Crippen molar-refractivity contribution in [1.29, 1.82) is 0 Å². The van der Waals surface area contributed by atoms with Gasteiger partial charge in [-0.25, -0.2) is 0 Å². The molecule has 0 N–H and O–H groups in total. The SMILES string of the molecule is Cc1cccc(C(Cl)Cc2ccc(Br)cc2)c1Cl. The number of aryl methyl sites for hydroxylation is 1. The molecule has 0 radical (unpaired) electrons. The first-order chi connectivity index (χ1) is 8.58. The molecule has 2 aromatic carbocycles. The number of hydrogen-bond donors (Lipinski definition) is 0. The molecule has 18 heavy (non-hydrogen) atoms. The maximum absolute atomic E-state index is 6.46. The van der Waals surface area contributed by atoms with Gasteiger partial charge in [-0.2, -0.15) is 0 Å². The van der Waals surface area contributed by atoms with Crippen molar-refractivity contribution in [2.75, 3.05) is 0 Å². The number of hydrogen-bond acceptors (Lipinski definition) is 0. The molecule has 0 bridgehead atoms. The lowest BCUT2D eigenvalue weighted by Gasteiger charge is -2.13. The van der Waals surface area contributed by atoms with Gasteiger partial charge in [0, 0.05) is 9.50 Å². The summed E-state index contributed by atoms with van der Waals surface area (Å²) in [6.07, 6.45) is 0.776. The molecule has 0 spiro atoms. The lowest BCUT2D eigenvalue weighted by molar-refractivity contribution is 0.918. The predicted molar refractivity (Wildman–Crippen MR) is 82.6 cm³/mol. The second-order valence-electron chi connectivity index (χ2n) is 4.28. The van der Waals surface area contributed by atoms with Crippen molar-refractivity contribution in [3.63, 3.8) is 0 Å². The van der Waals surface area contributed by atoms with Crippen molar-refractivity contribution in [3.05, 3.63) is 68.7 Å². The van der Waals surface area contributed by atoms with Crippen LogP contribution in [0.1, 0.15) is 22.1 Å². The highest BCUT2D eigenvalue weighted by molar-refractivity contribution is 9.10. The maximum atomic E-state index is 6.46. The van der Waals surface area contributed by atoms with Crippen molar-refractivity contribution in [3.8, 4) is 0 Å². The maximum Gasteiger partial charge on any atom is 0.0640 e. The van der Waals surface area contributed by atoms with Crippen LogP contribution in [0.2, 0.25) is 5.02 Å². The molecule has 0 saturated carbocycles. The van der Waals surface area contributed by atoms with E-state index in [-0.39, 0.29) is 5.38 Å². The van der Waals surface area contributed by atoms with Crippen molar-refractivity contribution < 1.29 is 0 Å². The number of rotatable bonds is 3. The first-order valence-corrected chi connectivity index (χ1v) is 7.32. The predicted octanol–water partition coefficient (Wildman–Crippen LogP) is 5.93. The summed E-state index contributed by atoms with van der Waals surface area (Å²) in [6.45, 7) is 2.00. The molecule has 94 valence electrons. The molecule has 2 rings (SSSR count). The van der Waals surface area contributed by atoms with Crippen LogP contribution in [0.3, 0.4) is 0 Å². The van der Waals surface area contributed by atoms with Crippen LogP contribution >= 0.6 is 39.1 Å². The number of halogens is 3. The van der Waals surface area contributed by atoms with Gasteiger partial charge in [0.1, 0.15) is 0 Å². The summed E-state index contributed by atoms with van der Waals surface area (Å²) in [5.41, 5.74) is 3.27. The average Bonchev–Trinajstić information content (AvgIpc) is 2.35. The van der Waals surface area contributed by atoms with Crippen LogP contribution in [0, 0.1) is 6.92 Å². The van der Waals surface area contributed by atoms with E-state index in [9.17, 15) is 0 Å². The summed E-state index contributed by atoms with van der Waals surface area (Å²) in [4.78, 5) is 0. The van der Waals surface area contributed by atoms with Crippen molar-refractivity contribution in [1.82, 2.24) is 0 Å². The molecule has 1 atom stereocenters. The summed E-state index contributed by atoms with van der Waals surface area (Å²) < 4.78 is 1.07. The molecule has 0 amide bonds. The third kappa shape index (κ3) is 3.28. The van der Waals surface area contributed by atoms with E-state index in [4.69, 9.17) is 23.2 Å². The number of alkyl halides is 1. The zero-order valence-electron chi connectivity index (χ0n) is 9.96. The molecule has 0 saturated heterocycles. The zero-order chi connectivity index (χ0) is 13.1. The smallest absolute Gasteiger partial charge is 0.0640 e. The Morgan fingerprint density at radius 1 is 1.11 bits per heavy atom. The first kappa shape index (κ1) is 13.9. The molecule has 0 fully saturated rings. The van der Waals surface area contributed by atoms with Crippen molar-refractivity contribution in [2.24, 2.45) is 0 Å². The Balaban J connectivity index is 2.19. The lowest BCUT2D eigenvalue weighted by Crippen LogP contribution is -1.97. The average molecular weight is 344 g/mol. The van der Waals surface area contributed by atoms with Gasteiger partial charge in [-0.05, 0) is 42.2 Å². The van der Waals surface area contributed by atoms with Gasteiger partial charge in [0.15, 0.2) is 0 Å². The van der Waals surface area contributed by atoms with Crippen LogP contribution in [0.5, 0.6) is 0 Å². The molecule has 3 heteroatoms. The van der Waals surface area contributed by atoms with Gasteiger partial charge in [0.05, 0.1) is 5.38 Å². The molecule has 0 aliphatic heterocycles.